The van der Waals surface area contributed by atoms with Gasteiger partial charge >= 0.3 is 7.12 Å². The third-order valence-electron chi connectivity index (χ3n) is 5.88. The van der Waals surface area contributed by atoms with Crippen molar-refractivity contribution in [2.45, 2.75) is 52.7 Å². The summed E-state index contributed by atoms with van der Waals surface area (Å²) in [6.45, 7) is 13.9. The van der Waals surface area contributed by atoms with Gasteiger partial charge in [-0.1, -0.05) is 11.6 Å². The van der Waals surface area contributed by atoms with Crippen molar-refractivity contribution in [2.75, 3.05) is 26.2 Å². The first-order valence-electron chi connectivity index (χ1n) is 9.52. The van der Waals surface area contributed by atoms with Gasteiger partial charge in [-0.15, -0.1) is 0 Å². The van der Waals surface area contributed by atoms with Crippen molar-refractivity contribution in [3.8, 4) is 0 Å². The van der Waals surface area contributed by atoms with Crippen molar-refractivity contribution in [3.63, 3.8) is 0 Å². The zero-order valence-corrected chi connectivity index (χ0v) is 17.2. The molecule has 27 heavy (non-hydrogen) atoms. The molecule has 0 bridgehead atoms. The van der Waals surface area contributed by atoms with E-state index in [9.17, 15) is 9.59 Å². The molecule has 0 unspecified atom stereocenters. The van der Waals surface area contributed by atoms with Crippen LogP contribution in [0.3, 0.4) is 0 Å². The molecule has 0 saturated carbocycles. The van der Waals surface area contributed by atoms with Gasteiger partial charge in [-0.3, -0.25) is 9.59 Å². The van der Waals surface area contributed by atoms with Crippen molar-refractivity contribution >= 4 is 24.4 Å². The Bertz CT molecular complexity index is 738. The molecule has 3 rings (SSSR count). The smallest absolute Gasteiger partial charge is 0.399 e. The molecule has 0 aliphatic carbocycles. The van der Waals surface area contributed by atoms with Crippen LogP contribution in [0.15, 0.2) is 18.2 Å². The first kappa shape index (κ1) is 19.9. The van der Waals surface area contributed by atoms with Gasteiger partial charge < -0.3 is 19.1 Å². The molecule has 0 spiro atoms. The third kappa shape index (κ3) is 3.89. The Morgan fingerprint density at radius 3 is 1.96 bits per heavy atom. The predicted octanol–water partition coefficient (Wildman–Crippen LogP) is 1.60. The van der Waals surface area contributed by atoms with E-state index in [-0.39, 0.29) is 11.8 Å². The maximum atomic E-state index is 13.0. The zero-order valence-electron chi connectivity index (χ0n) is 17.2. The summed E-state index contributed by atoms with van der Waals surface area (Å²) < 4.78 is 12.3. The standard InChI is InChI=1S/C20H29BN2O4/c1-14-11-16(18(25)23-9-7-22(8-10-23)15(2)24)13-17(12-14)21-26-19(3,4)20(5,6)27-21/h11-13H,7-10H2,1-6H3. The number of hydrogen-bond acceptors (Lipinski definition) is 4. The van der Waals surface area contributed by atoms with Crippen LogP contribution in [0.1, 0.15) is 50.5 Å². The lowest BCUT2D eigenvalue weighted by molar-refractivity contribution is -0.130. The van der Waals surface area contributed by atoms with Crippen molar-refractivity contribution in [3.05, 3.63) is 29.3 Å². The van der Waals surface area contributed by atoms with Gasteiger partial charge in [-0.05, 0) is 52.2 Å². The molecule has 2 saturated heterocycles. The minimum atomic E-state index is -0.490. The largest absolute Gasteiger partial charge is 0.494 e. The van der Waals surface area contributed by atoms with Gasteiger partial charge in [-0.25, -0.2) is 0 Å². The van der Waals surface area contributed by atoms with Crippen LogP contribution in [-0.2, 0) is 14.1 Å². The van der Waals surface area contributed by atoms with Gasteiger partial charge in [0.05, 0.1) is 11.2 Å². The maximum Gasteiger partial charge on any atom is 0.494 e. The van der Waals surface area contributed by atoms with Crippen molar-refractivity contribution in [2.24, 2.45) is 0 Å². The SMILES string of the molecule is CC(=O)N1CCN(C(=O)c2cc(C)cc(B3OC(C)(C)C(C)(C)O3)c2)CC1. The summed E-state index contributed by atoms with van der Waals surface area (Å²) >= 11 is 0. The molecule has 1 aromatic carbocycles. The molecule has 7 heteroatoms. The molecule has 2 aliphatic heterocycles. The Balaban J connectivity index is 1.78. The highest BCUT2D eigenvalue weighted by atomic mass is 16.7. The number of carbonyl (C=O) groups excluding carboxylic acids is 2. The lowest BCUT2D eigenvalue weighted by Gasteiger charge is -2.34. The molecule has 2 heterocycles. The monoisotopic (exact) mass is 372 g/mol. The number of carbonyl (C=O) groups is 2. The van der Waals surface area contributed by atoms with E-state index in [1.165, 1.54) is 0 Å². The number of hydrogen-bond donors (Lipinski definition) is 0. The van der Waals surface area contributed by atoms with Gasteiger partial charge in [0.1, 0.15) is 0 Å². The van der Waals surface area contributed by atoms with Gasteiger partial charge in [0.25, 0.3) is 5.91 Å². The molecule has 0 radical (unpaired) electrons. The molecule has 2 fully saturated rings. The second-order valence-corrected chi connectivity index (χ2v) is 8.52. The number of aryl methyl sites for hydroxylation is 1. The Hall–Kier alpha value is -1.86. The van der Waals surface area contributed by atoms with Crippen molar-refractivity contribution in [1.29, 1.82) is 0 Å². The molecule has 6 nitrogen and oxygen atoms in total. The lowest BCUT2D eigenvalue weighted by atomic mass is 9.77. The molecule has 0 N–H and O–H groups in total. The molecule has 1 aromatic rings. The van der Waals surface area contributed by atoms with E-state index < -0.39 is 18.3 Å². The van der Waals surface area contributed by atoms with E-state index in [2.05, 4.69) is 0 Å². The fourth-order valence-electron chi connectivity index (χ4n) is 3.46. The van der Waals surface area contributed by atoms with Crippen LogP contribution in [-0.4, -0.2) is 66.1 Å². The minimum absolute atomic E-state index is 0.0142. The number of rotatable bonds is 2. The first-order valence-corrected chi connectivity index (χ1v) is 9.52. The highest BCUT2D eigenvalue weighted by Gasteiger charge is 2.51. The summed E-state index contributed by atoms with van der Waals surface area (Å²) in [6.07, 6.45) is 0. The maximum absolute atomic E-state index is 13.0. The Labute approximate surface area is 161 Å². The van der Waals surface area contributed by atoms with Crippen LogP contribution in [0.25, 0.3) is 0 Å². The van der Waals surface area contributed by atoms with E-state index in [1.54, 1.807) is 11.8 Å². The quantitative estimate of drug-likeness (QED) is 0.740. The van der Waals surface area contributed by atoms with Crippen LogP contribution in [0, 0.1) is 6.92 Å². The fraction of sp³-hybridized carbons (Fsp3) is 0.600. The molecular formula is C20H29BN2O4. The summed E-state index contributed by atoms with van der Waals surface area (Å²) in [7, 11) is -0.490. The highest BCUT2D eigenvalue weighted by Crippen LogP contribution is 2.36. The van der Waals surface area contributed by atoms with Crippen molar-refractivity contribution in [1.82, 2.24) is 9.80 Å². The molecular weight excluding hydrogens is 343 g/mol. The van der Waals surface area contributed by atoms with Crippen LogP contribution < -0.4 is 5.46 Å². The Morgan fingerprint density at radius 2 is 1.44 bits per heavy atom. The number of benzene rings is 1. The van der Waals surface area contributed by atoms with Crippen molar-refractivity contribution < 1.29 is 18.9 Å². The third-order valence-corrected chi connectivity index (χ3v) is 5.88. The fourth-order valence-corrected chi connectivity index (χ4v) is 3.46. The summed E-state index contributed by atoms with van der Waals surface area (Å²) in [4.78, 5) is 28.1. The predicted molar refractivity (Wildman–Crippen MR) is 105 cm³/mol. The van der Waals surface area contributed by atoms with Gasteiger partial charge in [0, 0.05) is 38.7 Å². The van der Waals surface area contributed by atoms with E-state index in [1.807, 2.05) is 57.7 Å². The Morgan fingerprint density at radius 1 is 0.926 bits per heavy atom. The summed E-state index contributed by atoms with van der Waals surface area (Å²) in [6, 6.07) is 5.77. The second-order valence-electron chi connectivity index (χ2n) is 8.52. The summed E-state index contributed by atoms with van der Waals surface area (Å²) in [5.41, 5.74) is 1.65. The number of piperazine rings is 1. The average Bonchev–Trinajstić information content (AvgIpc) is 2.81. The van der Waals surface area contributed by atoms with Crippen LogP contribution in [0.4, 0.5) is 0 Å². The molecule has 146 valence electrons. The minimum Gasteiger partial charge on any atom is -0.399 e. The van der Waals surface area contributed by atoms with Gasteiger partial charge in [-0.2, -0.15) is 0 Å². The number of nitrogens with zero attached hydrogens (tertiary/aromatic N) is 2. The van der Waals surface area contributed by atoms with Gasteiger partial charge in [0.15, 0.2) is 0 Å². The molecule has 2 amide bonds. The second kappa shape index (κ2) is 6.95. The van der Waals surface area contributed by atoms with E-state index in [4.69, 9.17) is 9.31 Å². The van der Waals surface area contributed by atoms with Crippen LogP contribution in [0.5, 0.6) is 0 Å². The van der Waals surface area contributed by atoms with E-state index in [0.29, 0.717) is 31.7 Å². The number of amides is 2. The van der Waals surface area contributed by atoms with E-state index >= 15 is 0 Å². The molecule has 2 aliphatic rings. The Kier molecular flexibility index (Phi) is 5.12. The first-order chi connectivity index (χ1) is 12.5. The van der Waals surface area contributed by atoms with Crippen LogP contribution >= 0.6 is 0 Å². The molecule has 0 atom stereocenters. The topological polar surface area (TPSA) is 59.1 Å². The average molecular weight is 372 g/mol. The zero-order chi connectivity index (χ0) is 20.0. The highest BCUT2D eigenvalue weighted by molar-refractivity contribution is 6.62. The normalized spacial score (nSPS) is 21.5. The summed E-state index contributed by atoms with van der Waals surface area (Å²) in [5.74, 6) is 0.0420. The molecule has 0 aromatic heterocycles. The van der Waals surface area contributed by atoms with Crippen LogP contribution in [0.2, 0.25) is 0 Å². The van der Waals surface area contributed by atoms with E-state index in [0.717, 1.165) is 11.0 Å². The lowest BCUT2D eigenvalue weighted by Crippen LogP contribution is -2.50. The van der Waals surface area contributed by atoms with Gasteiger partial charge in [0.2, 0.25) is 5.91 Å². The summed E-state index contributed by atoms with van der Waals surface area (Å²) in [5, 5.41) is 0.